The minimum atomic E-state index is -3.74. The molecule has 0 radical (unpaired) electrons. The van der Waals surface area contributed by atoms with Crippen molar-refractivity contribution in [2.75, 3.05) is 10.5 Å². The molecule has 2 aromatic carbocycles. The predicted molar refractivity (Wildman–Crippen MR) is 80.5 cm³/mol. The molecule has 0 amide bonds. The van der Waals surface area contributed by atoms with E-state index in [2.05, 4.69) is 20.7 Å². The minimum absolute atomic E-state index is 0.0319. The Morgan fingerprint density at radius 2 is 1.95 bits per heavy atom. The maximum absolute atomic E-state index is 12.2. The number of benzene rings is 2. The first-order valence-corrected chi connectivity index (χ1v) is 7.78. The first kappa shape index (κ1) is 14.4. The van der Waals surface area contributed by atoms with Gasteiger partial charge in [-0.15, -0.1) is 0 Å². The summed E-state index contributed by atoms with van der Waals surface area (Å²) in [4.78, 5) is 0.0319. The Morgan fingerprint density at radius 3 is 2.60 bits per heavy atom. The van der Waals surface area contributed by atoms with E-state index in [1.165, 1.54) is 18.2 Å². The smallest absolute Gasteiger partial charge is 0.261 e. The summed E-state index contributed by atoms with van der Waals surface area (Å²) >= 11 is 3.23. The number of nitrogen functional groups attached to an aromatic ring is 1. The van der Waals surface area contributed by atoms with Crippen LogP contribution >= 0.6 is 15.9 Å². The van der Waals surface area contributed by atoms with Gasteiger partial charge in [-0.25, -0.2) is 8.42 Å². The summed E-state index contributed by atoms with van der Waals surface area (Å²) in [6.45, 7) is 0. The van der Waals surface area contributed by atoms with Crippen molar-refractivity contribution in [1.29, 1.82) is 5.26 Å². The Labute approximate surface area is 125 Å². The molecule has 0 aliphatic heterocycles. The molecule has 2 rings (SSSR count). The first-order chi connectivity index (χ1) is 9.42. The fourth-order valence-corrected chi connectivity index (χ4v) is 3.01. The summed E-state index contributed by atoms with van der Waals surface area (Å²) in [5, 5.41) is 8.80. The predicted octanol–water partition coefficient (Wildman–Crippen LogP) is 2.70. The van der Waals surface area contributed by atoms with Crippen LogP contribution in [-0.4, -0.2) is 8.42 Å². The van der Waals surface area contributed by atoms with E-state index in [4.69, 9.17) is 11.0 Å². The number of hydrogen-bond acceptors (Lipinski definition) is 4. The molecule has 0 unspecified atom stereocenters. The van der Waals surface area contributed by atoms with Crippen molar-refractivity contribution in [3.8, 4) is 6.07 Å². The Bertz CT molecular complexity index is 798. The number of halogens is 1. The van der Waals surface area contributed by atoms with Crippen LogP contribution in [0.5, 0.6) is 0 Å². The second-order valence-corrected chi connectivity index (χ2v) is 6.52. The molecule has 5 nitrogen and oxygen atoms in total. The van der Waals surface area contributed by atoms with Gasteiger partial charge in [0.1, 0.15) is 0 Å². The Hall–Kier alpha value is -2.04. The van der Waals surface area contributed by atoms with E-state index in [0.29, 0.717) is 15.8 Å². The lowest BCUT2D eigenvalue weighted by atomic mass is 10.2. The van der Waals surface area contributed by atoms with E-state index in [0.717, 1.165) is 0 Å². The molecule has 2 aromatic rings. The maximum atomic E-state index is 12.2. The zero-order valence-electron chi connectivity index (χ0n) is 10.2. The summed E-state index contributed by atoms with van der Waals surface area (Å²) in [5.41, 5.74) is 6.82. The summed E-state index contributed by atoms with van der Waals surface area (Å²) in [6.07, 6.45) is 0. The van der Waals surface area contributed by atoms with Crippen molar-refractivity contribution in [1.82, 2.24) is 0 Å². The van der Waals surface area contributed by atoms with Gasteiger partial charge in [0, 0.05) is 10.2 Å². The van der Waals surface area contributed by atoms with Gasteiger partial charge in [0.05, 0.1) is 22.2 Å². The van der Waals surface area contributed by atoms with Crippen LogP contribution in [0.3, 0.4) is 0 Å². The third-order valence-electron chi connectivity index (χ3n) is 2.53. The molecule has 0 aliphatic rings. The minimum Gasteiger partial charge on any atom is -0.398 e. The highest BCUT2D eigenvalue weighted by molar-refractivity contribution is 9.10. The molecule has 0 aromatic heterocycles. The van der Waals surface area contributed by atoms with Crippen molar-refractivity contribution >= 4 is 37.3 Å². The second kappa shape index (κ2) is 5.53. The average Bonchev–Trinajstić information content (AvgIpc) is 2.43. The zero-order chi connectivity index (χ0) is 14.8. The van der Waals surface area contributed by atoms with Crippen LogP contribution in [0, 0.1) is 11.3 Å². The normalized spacial score (nSPS) is 10.8. The highest BCUT2D eigenvalue weighted by atomic mass is 79.9. The van der Waals surface area contributed by atoms with Gasteiger partial charge in [0.25, 0.3) is 10.0 Å². The van der Waals surface area contributed by atoms with Crippen molar-refractivity contribution in [3.05, 3.63) is 52.5 Å². The summed E-state index contributed by atoms with van der Waals surface area (Å²) in [6, 6.07) is 12.4. The van der Waals surface area contributed by atoms with E-state index in [1.807, 2.05) is 6.07 Å². The first-order valence-electron chi connectivity index (χ1n) is 5.50. The van der Waals surface area contributed by atoms with E-state index >= 15 is 0 Å². The topological polar surface area (TPSA) is 96.0 Å². The number of nitrogens with zero attached hydrogens (tertiary/aromatic N) is 1. The summed E-state index contributed by atoms with van der Waals surface area (Å²) in [7, 11) is -3.74. The van der Waals surface area contributed by atoms with E-state index in [1.54, 1.807) is 24.3 Å². The van der Waals surface area contributed by atoms with Crippen LogP contribution in [0.1, 0.15) is 5.56 Å². The number of sulfonamides is 1. The number of nitrogens with one attached hydrogen (secondary N) is 1. The lowest BCUT2D eigenvalue weighted by Gasteiger charge is -2.09. The van der Waals surface area contributed by atoms with E-state index in [9.17, 15) is 8.42 Å². The fraction of sp³-hybridized carbons (Fsp3) is 0. The zero-order valence-corrected chi connectivity index (χ0v) is 12.6. The molecule has 3 N–H and O–H groups in total. The molecule has 0 aliphatic carbocycles. The van der Waals surface area contributed by atoms with E-state index in [-0.39, 0.29) is 10.5 Å². The molecule has 102 valence electrons. The maximum Gasteiger partial charge on any atom is 0.261 e. The van der Waals surface area contributed by atoms with E-state index < -0.39 is 10.0 Å². The van der Waals surface area contributed by atoms with Gasteiger partial charge < -0.3 is 5.73 Å². The van der Waals surface area contributed by atoms with Gasteiger partial charge in [-0.05, 0) is 52.3 Å². The third-order valence-corrected chi connectivity index (χ3v) is 4.59. The quantitative estimate of drug-likeness (QED) is 0.830. The van der Waals surface area contributed by atoms with Gasteiger partial charge >= 0.3 is 0 Å². The van der Waals surface area contributed by atoms with Gasteiger partial charge in [-0.3, -0.25) is 4.72 Å². The second-order valence-electron chi connectivity index (χ2n) is 3.98. The highest BCUT2D eigenvalue weighted by Gasteiger charge is 2.15. The average molecular weight is 352 g/mol. The Kier molecular flexibility index (Phi) is 3.97. The molecular weight excluding hydrogens is 342 g/mol. The third kappa shape index (κ3) is 3.10. The van der Waals surface area contributed by atoms with Crippen LogP contribution in [-0.2, 0) is 10.0 Å². The number of anilines is 2. The lowest BCUT2D eigenvalue weighted by Crippen LogP contribution is -2.13. The monoisotopic (exact) mass is 351 g/mol. The number of nitriles is 1. The van der Waals surface area contributed by atoms with Crippen LogP contribution in [0.4, 0.5) is 11.4 Å². The number of rotatable bonds is 3. The van der Waals surface area contributed by atoms with Crippen LogP contribution in [0.25, 0.3) is 0 Å². The van der Waals surface area contributed by atoms with Gasteiger partial charge in [-0.1, -0.05) is 6.07 Å². The SMILES string of the molecule is N#Cc1cccc(S(=O)(=O)Nc2ccc(N)c(Br)c2)c1. The van der Waals surface area contributed by atoms with Crippen LogP contribution in [0.2, 0.25) is 0 Å². The van der Waals surface area contributed by atoms with Crippen LogP contribution in [0.15, 0.2) is 51.8 Å². The van der Waals surface area contributed by atoms with Crippen LogP contribution < -0.4 is 10.5 Å². The van der Waals surface area contributed by atoms with Crippen molar-refractivity contribution in [2.45, 2.75) is 4.90 Å². The molecule has 7 heteroatoms. The molecule has 0 saturated heterocycles. The van der Waals surface area contributed by atoms with Gasteiger partial charge in [-0.2, -0.15) is 5.26 Å². The highest BCUT2D eigenvalue weighted by Crippen LogP contribution is 2.25. The molecular formula is C13H10BrN3O2S. The molecule has 0 atom stereocenters. The Balaban J connectivity index is 2.35. The molecule has 20 heavy (non-hydrogen) atoms. The number of hydrogen-bond donors (Lipinski definition) is 2. The number of nitrogens with two attached hydrogens (primary N) is 1. The molecule has 0 saturated carbocycles. The Morgan fingerprint density at radius 1 is 1.20 bits per heavy atom. The van der Waals surface area contributed by atoms with Gasteiger partial charge in [0.15, 0.2) is 0 Å². The summed E-state index contributed by atoms with van der Waals surface area (Å²) in [5.74, 6) is 0. The lowest BCUT2D eigenvalue weighted by molar-refractivity contribution is 0.601. The standard InChI is InChI=1S/C13H10BrN3O2S/c14-12-7-10(4-5-13(12)16)17-20(18,19)11-3-1-2-9(6-11)8-15/h1-7,17H,16H2. The van der Waals surface area contributed by atoms with Crippen molar-refractivity contribution in [2.24, 2.45) is 0 Å². The fourth-order valence-electron chi connectivity index (χ4n) is 1.54. The largest absolute Gasteiger partial charge is 0.398 e. The van der Waals surface area contributed by atoms with Crippen molar-refractivity contribution in [3.63, 3.8) is 0 Å². The molecule has 0 spiro atoms. The summed E-state index contributed by atoms with van der Waals surface area (Å²) < 4.78 is 27.4. The molecule has 0 bridgehead atoms. The van der Waals surface area contributed by atoms with Crippen molar-refractivity contribution < 1.29 is 8.42 Å². The molecule has 0 fully saturated rings. The molecule has 0 heterocycles. The van der Waals surface area contributed by atoms with Gasteiger partial charge in [0.2, 0.25) is 0 Å².